The Morgan fingerprint density at radius 3 is 2.64 bits per heavy atom. The zero-order valence-electron chi connectivity index (χ0n) is 15.4. The van der Waals surface area contributed by atoms with Crippen molar-refractivity contribution in [3.63, 3.8) is 0 Å². The maximum absolute atomic E-state index is 4.69. The van der Waals surface area contributed by atoms with E-state index in [4.69, 9.17) is 4.99 Å². The van der Waals surface area contributed by atoms with Gasteiger partial charge in [-0.15, -0.1) is 35.3 Å². The Morgan fingerprint density at radius 2 is 2.08 bits per heavy atom. The van der Waals surface area contributed by atoms with Crippen molar-refractivity contribution in [2.45, 2.75) is 19.5 Å². The van der Waals surface area contributed by atoms with E-state index < -0.39 is 0 Å². The Kier molecular flexibility index (Phi) is 8.17. The van der Waals surface area contributed by atoms with Crippen LogP contribution in [0.1, 0.15) is 12.6 Å². The SMILES string of the molecule is CCNC(=NCc1csc(N(C)C)n1)NCC1CN2CCN1CC2.I. The molecular formula is C16H30IN7S. The minimum absolute atomic E-state index is 0. The quantitative estimate of drug-likeness (QED) is 0.359. The fourth-order valence-electron chi connectivity index (χ4n) is 3.21. The molecule has 4 heterocycles. The van der Waals surface area contributed by atoms with Gasteiger partial charge in [-0.1, -0.05) is 0 Å². The van der Waals surface area contributed by atoms with E-state index in [1.165, 1.54) is 32.7 Å². The molecule has 3 fully saturated rings. The lowest BCUT2D eigenvalue weighted by molar-refractivity contribution is 0.0154. The molecule has 1 unspecified atom stereocenters. The van der Waals surface area contributed by atoms with Crippen LogP contribution in [0.5, 0.6) is 0 Å². The summed E-state index contributed by atoms with van der Waals surface area (Å²) in [6, 6.07) is 0.593. The van der Waals surface area contributed by atoms with Crippen LogP contribution in [0.25, 0.3) is 0 Å². The number of anilines is 1. The Bertz CT molecular complexity index is 554. The van der Waals surface area contributed by atoms with Gasteiger partial charge in [0.1, 0.15) is 0 Å². The van der Waals surface area contributed by atoms with Crippen molar-refractivity contribution in [1.82, 2.24) is 25.4 Å². The van der Waals surface area contributed by atoms with Gasteiger partial charge in [0.05, 0.1) is 12.2 Å². The first kappa shape index (κ1) is 20.7. The highest BCUT2D eigenvalue weighted by Gasteiger charge is 2.31. The summed E-state index contributed by atoms with van der Waals surface area (Å²) in [4.78, 5) is 16.5. The number of thiazole rings is 1. The monoisotopic (exact) mass is 479 g/mol. The largest absolute Gasteiger partial charge is 0.357 e. The first-order valence-corrected chi connectivity index (χ1v) is 9.64. The number of nitrogens with one attached hydrogen (secondary N) is 2. The van der Waals surface area contributed by atoms with Gasteiger partial charge in [0.25, 0.3) is 0 Å². The van der Waals surface area contributed by atoms with E-state index in [0.717, 1.165) is 29.9 Å². The number of guanidine groups is 1. The molecule has 0 aliphatic carbocycles. The molecule has 1 atom stereocenters. The Labute approximate surface area is 171 Å². The van der Waals surface area contributed by atoms with Gasteiger partial charge in [-0.25, -0.2) is 9.98 Å². The lowest BCUT2D eigenvalue weighted by Crippen LogP contribution is -2.63. The van der Waals surface area contributed by atoms with Crippen molar-refractivity contribution < 1.29 is 0 Å². The highest BCUT2D eigenvalue weighted by Crippen LogP contribution is 2.18. The minimum Gasteiger partial charge on any atom is -0.357 e. The molecule has 9 heteroatoms. The number of aliphatic imine (C=N–C) groups is 1. The molecule has 1 aromatic heterocycles. The molecule has 2 N–H and O–H groups in total. The van der Waals surface area contributed by atoms with E-state index in [1.807, 2.05) is 19.0 Å². The third-order valence-electron chi connectivity index (χ3n) is 4.56. The van der Waals surface area contributed by atoms with Crippen LogP contribution in [-0.4, -0.2) is 86.7 Å². The molecule has 0 amide bonds. The molecule has 0 spiro atoms. The van der Waals surface area contributed by atoms with Gasteiger partial charge < -0.3 is 15.5 Å². The van der Waals surface area contributed by atoms with E-state index in [9.17, 15) is 0 Å². The number of hydrogen-bond donors (Lipinski definition) is 2. The first-order valence-electron chi connectivity index (χ1n) is 8.76. The first-order chi connectivity index (χ1) is 11.7. The second kappa shape index (κ2) is 9.89. The molecule has 3 aliphatic heterocycles. The van der Waals surface area contributed by atoms with Gasteiger partial charge in [-0.05, 0) is 6.92 Å². The van der Waals surface area contributed by atoms with E-state index in [1.54, 1.807) is 11.3 Å². The predicted molar refractivity (Wildman–Crippen MR) is 116 cm³/mol. The molecular weight excluding hydrogens is 449 g/mol. The van der Waals surface area contributed by atoms with Crippen LogP contribution in [0.2, 0.25) is 0 Å². The van der Waals surface area contributed by atoms with Crippen molar-refractivity contribution >= 4 is 46.4 Å². The van der Waals surface area contributed by atoms with Crippen molar-refractivity contribution in [1.29, 1.82) is 0 Å². The van der Waals surface area contributed by atoms with Crippen molar-refractivity contribution in [3.05, 3.63) is 11.1 Å². The standard InChI is InChI=1S/C16H29N7S.HI/c1-4-17-15(18-9-13-12-24-16(20-13)21(2)3)19-10-14-11-22-5-7-23(14)8-6-22;/h12,14H,4-11H2,1-3H3,(H2,17,18,19);1H. The molecule has 0 aromatic carbocycles. The number of piperazine rings is 3. The average molecular weight is 479 g/mol. The fourth-order valence-corrected chi connectivity index (χ4v) is 3.96. The highest BCUT2D eigenvalue weighted by atomic mass is 127. The Morgan fingerprint density at radius 1 is 1.32 bits per heavy atom. The van der Waals surface area contributed by atoms with Crippen LogP contribution < -0.4 is 15.5 Å². The Hall–Kier alpha value is -0.650. The van der Waals surface area contributed by atoms with Crippen LogP contribution >= 0.6 is 35.3 Å². The van der Waals surface area contributed by atoms with Crippen molar-refractivity contribution in [2.75, 3.05) is 64.8 Å². The summed E-state index contributed by atoms with van der Waals surface area (Å²) < 4.78 is 0. The van der Waals surface area contributed by atoms with Crippen LogP contribution in [-0.2, 0) is 6.54 Å². The van der Waals surface area contributed by atoms with Gasteiger partial charge in [0.2, 0.25) is 0 Å². The number of rotatable bonds is 6. The molecule has 7 nitrogen and oxygen atoms in total. The van der Waals surface area contributed by atoms with E-state index in [0.29, 0.717) is 12.6 Å². The molecule has 3 saturated heterocycles. The van der Waals surface area contributed by atoms with Gasteiger partial charge in [-0.3, -0.25) is 9.80 Å². The fraction of sp³-hybridized carbons (Fsp3) is 0.750. The molecule has 142 valence electrons. The van der Waals surface area contributed by atoms with Gasteiger partial charge >= 0.3 is 0 Å². The van der Waals surface area contributed by atoms with E-state index >= 15 is 0 Å². The summed E-state index contributed by atoms with van der Waals surface area (Å²) in [5, 5.41) is 9.96. The zero-order valence-corrected chi connectivity index (χ0v) is 18.5. The van der Waals surface area contributed by atoms with Gasteiger partial charge in [0.15, 0.2) is 11.1 Å². The topological polar surface area (TPSA) is 59.0 Å². The average Bonchev–Trinajstić information content (AvgIpc) is 3.08. The summed E-state index contributed by atoms with van der Waals surface area (Å²) in [5.74, 6) is 0.884. The van der Waals surface area contributed by atoms with E-state index in [2.05, 4.69) is 37.7 Å². The molecule has 0 saturated carbocycles. The predicted octanol–water partition coefficient (Wildman–Crippen LogP) is 0.882. The third kappa shape index (κ3) is 5.66. The number of fused-ring (bicyclic) bond motifs is 3. The summed E-state index contributed by atoms with van der Waals surface area (Å²) >= 11 is 1.66. The van der Waals surface area contributed by atoms with Crippen molar-refractivity contribution in [3.8, 4) is 0 Å². The summed E-state index contributed by atoms with van der Waals surface area (Å²) in [7, 11) is 4.03. The summed E-state index contributed by atoms with van der Waals surface area (Å²) in [6.07, 6.45) is 0. The normalized spacial score (nSPS) is 25.4. The maximum Gasteiger partial charge on any atom is 0.191 e. The molecule has 4 rings (SSSR count). The second-order valence-corrected chi connectivity index (χ2v) is 7.42. The number of aromatic nitrogens is 1. The van der Waals surface area contributed by atoms with Crippen molar-refractivity contribution in [2.24, 2.45) is 4.99 Å². The zero-order chi connectivity index (χ0) is 16.9. The maximum atomic E-state index is 4.69. The summed E-state index contributed by atoms with van der Waals surface area (Å²) in [6.45, 7) is 10.5. The van der Waals surface area contributed by atoms with Gasteiger partial charge in [-0.2, -0.15) is 0 Å². The lowest BCUT2D eigenvalue weighted by Gasteiger charge is -2.47. The molecule has 25 heavy (non-hydrogen) atoms. The number of nitrogens with zero attached hydrogens (tertiary/aromatic N) is 5. The van der Waals surface area contributed by atoms with E-state index in [-0.39, 0.29) is 24.0 Å². The third-order valence-corrected chi connectivity index (χ3v) is 5.62. The van der Waals surface area contributed by atoms with Crippen LogP contribution in [0.15, 0.2) is 10.4 Å². The second-order valence-electron chi connectivity index (χ2n) is 6.58. The molecule has 1 aromatic rings. The van der Waals surface area contributed by atoms with Crippen LogP contribution in [0.4, 0.5) is 5.13 Å². The Balaban J connectivity index is 0.00000225. The molecule has 0 radical (unpaired) electrons. The van der Waals surface area contributed by atoms with Crippen LogP contribution in [0, 0.1) is 0 Å². The minimum atomic E-state index is 0. The molecule has 2 bridgehead atoms. The number of halogens is 1. The summed E-state index contributed by atoms with van der Waals surface area (Å²) in [5.41, 5.74) is 1.02. The van der Waals surface area contributed by atoms with Crippen LogP contribution in [0.3, 0.4) is 0 Å². The highest BCUT2D eigenvalue weighted by molar-refractivity contribution is 14.0. The smallest absolute Gasteiger partial charge is 0.191 e. The number of hydrogen-bond acceptors (Lipinski definition) is 6. The molecule has 3 aliphatic rings. The van der Waals surface area contributed by atoms with Gasteiger partial charge in [0, 0.05) is 71.3 Å². The lowest BCUT2D eigenvalue weighted by atomic mass is 10.1.